The van der Waals surface area contributed by atoms with Crippen molar-refractivity contribution in [3.05, 3.63) is 35.6 Å². The number of methoxy groups -OCH3 is 1. The molecule has 1 aromatic rings. The van der Waals surface area contributed by atoms with Crippen molar-refractivity contribution in [2.75, 3.05) is 26.8 Å². The van der Waals surface area contributed by atoms with Crippen LogP contribution in [-0.2, 0) is 25.3 Å². The van der Waals surface area contributed by atoms with Crippen LogP contribution < -0.4 is 4.72 Å². The van der Waals surface area contributed by atoms with Crippen LogP contribution in [0, 0.1) is 5.82 Å². The zero-order chi connectivity index (χ0) is 16.9. The minimum absolute atomic E-state index is 0.0377. The van der Waals surface area contributed by atoms with E-state index in [2.05, 4.69) is 4.72 Å². The Morgan fingerprint density at radius 3 is 2.70 bits per heavy atom. The molecule has 8 heteroatoms. The lowest BCUT2D eigenvalue weighted by molar-refractivity contribution is -0.136. The zero-order valence-corrected chi connectivity index (χ0v) is 13.8. The van der Waals surface area contributed by atoms with Crippen molar-refractivity contribution in [1.82, 2.24) is 9.62 Å². The van der Waals surface area contributed by atoms with Crippen molar-refractivity contribution in [3.8, 4) is 0 Å². The van der Waals surface area contributed by atoms with Crippen LogP contribution in [0.5, 0.6) is 0 Å². The first-order valence-electron chi connectivity index (χ1n) is 7.41. The van der Waals surface area contributed by atoms with Crippen LogP contribution >= 0.6 is 0 Å². The Bertz CT molecular complexity index is 643. The molecule has 2 rings (SSSR count). The van der Waals surface area contributed by atoms with Crippen LogP contribution in [0.1, 0.15) is 18.4 Å². The minimum atomic E-state index is -3.54. The summed E-state index contributed by atoms with van der Waals surface area (Å²) in [5.41, 5.74) is 0.408. The Morgan fingerprint density at radius 2 is 2.09 bits per heavy atom. The number of piperidine rings is 1. The molecule has 128 valence electrons. The molecular formula is C15H21FN2O4S. The van der Waals surface area contributed by atoms with Gasteiger partial charge in [-0.1, -0.05) is 12.1 Å². The number of likely N-dealkylation sites (tertiary alicyclic amines) is 1. The number of carbonyl (C=O) groups is 1. The first-order chi connectivity index (χ1) is 10.9. The van der Waals surface area contributed by atoms with Crippen LogP contribution in [0.15, 0.2) is 24.3 Å². The van der Waals surface area contributed by atoms with Gasteiger partial charge in [0.2, 0.25) is 15.9 Å². The molecule has 0 aromatic heterocycles. The summed E-state index contributed by atoms with van der Waals surface area (Å²) in [5, 5.41) is 0. The van der Waals surface area contributed by atoms with Gasteiger partial charge in [0.25, 0.3) is 0 Å². The van der Waals surface area contributed by atoms with Gasteiger partial charge in [-0.15, -0.1) is 0 Å². The average molecular weight is 344 g/mol. The highest BCUT2D eigenvalue weighted by Gasteiger charge is 2.25. The summed E-state index contributed by atoms with van der Waals surface area (Å²) in [5.74, 6) is -0.802. The molecule has 1 aliphatic rings. The Labute approximate surface area is 135 Å². The lowest BCUT2D eigenvalue weighted by Gasteiger charge is -2.32. The number of hydrogen-bond donors (Lipinski definition) is 1. The van der Waals surface area contributed by atoms with Gasteiger partial charge in [0.15, 0.2) is 0 Å². The number of amides is 1. The monoisotopic (exact) mass is 344 g/mol. The summed E-state index contributed by atoms with van der Waals surface area (Å²) < 4.78 is 44.9. The Hall–Kier alpha value is -1.51. The topological polar surface area (TPSA) is 75.7 Å². The van der Waals surface area contributed by atoms with Gasteiger partial charge in [-0.2, -0.15) is 0 Å². The number of ether oxygens (including phenoxy) is 1. The van der Waals surface area contributed by atoms with E-state index in [-0.39, 0.29) is 24.3 Å². The third kappa shape index (κ3) is 5.56. The van der Waals surface area contributed by atoms with E-state index < -0.39 is 15.8 Å². The van der Waals surface area contributed by atoms with Gasteiger partial charge < -0.3 is 9.64 Å². The number of benzene rings is 1. The Balaban J connectivity index is 1.86. The minimum Gasteiger partial charge on any atom is -0.375 e. The maximum Gasteiger partial charge on any atom is 0.248 e. The van der Waals surface area contributed by atoms with Gasteiger partial charge in [0.05, 0.1) is 5.75 Å². The molecule has 0 radical (unpaired) electrons. The highest BCUT2D eigenvalue weighted by Crippen LogP contribution is 2.14. The lowest BCUT2D eigenvalue weighted by Crippen LogP contribution is -2.47. The van der Waals surface area contributed by atoms with E-state index in [1.54, 1.807) is 11.0 Å². The van der Waals surface area contributed by atoms with Crippen LogP contribution in [0.2, 0.25) is 0 Å². The van der Waals surface area contributed by atoms with Gasteiger partial charge in [0.1, 0.15) is 12.4 Å². The molecule has 0 atom stereocenters. The fourth-order valence-corrected chi connectivity index (χ4v) is 4.05. The van der Waals surface area contributed by atoms with Crippen molar-refractivity contribution >= 4 is 15.9 Å². The second-order valence-electron chi connectivity index (χ2n) is 5.59. The number of rotatable bonds is 6. The second-order valence-corrected chi connectivity index (χ2v) is 7.35. The molecule has 0 bridgehead atoms. The second kappa shape index (κ2) is 7.85. The highest BCUT2D eigenvalue weighted by atomic mass is 32.2. The van der Waals surface area contributed by atoms with Gasteiger partial charge in [-0.3, -0.25) is 4.79 Å². The highest BCUT2D eigenvalue weighted by molar-refractivity contribution is 7.88. The summed E-state index contributed by atoms with van der Waals surface area (Å²) in [4.78, 5) is 13.4. The largest absolute Gasteiger partial charge is 0.375 e. The predicted molar refractivity (Wildman–Crippen MR) is 83.6 cm³/mol. The lowest BCUT2D eigenvalue weighted by atomic mass is 10.1. The Kier molecular flexibility index (Phi) is 6.09. The first-order valence-corrected chi connectivity index (χ1v) is 9.06. The van der Waals surface area contributed by atoms with Gasteiger partial charge in [-0.05, 0) is 30.5 Å². The smallest absolute Gasteiger partial charge is 0.248 e. The third-order valence-electron chi connectivity index (χ3n) is 3.71. The molecule has 0 saturated carbocycles. The molecule has 0 spiro atoms. The van der Waals surface area contributed by atoms with E-state index >= 15 is 0 Å². The number of hydrogen-bond acceptors (Lipinski definition) is 4. The predicted octanol–water partition coefficient (Wildman–Crippen LogP) is 0.883. The molecule has 1 saturated heterocycles. The zero-order valence-electron chi connectivity index (χ0n) is 13.0. The molecule has 1 N–H and O–H groups in total. The summed E-state index contributed by atoms with van der Waals surface area (Å²) in [6.45, 7) is 1.03. The van der Waals surface area contributed by atoms with Crippen molar-refractivity contribution < 1.29 is 22.3 Å². The summed E-state index contributed by atoms with van der Waals surface area (Å²) in [6.07, 6.45) is 1.11. The molecule has 0 unspecified atom stereocenters. The van der Waals surface area contributed by atoms with Crippen molar-refractivity contribution in [1.29, 1.82) is 0 Å². The standard InChI is InChI=1S/C15H21FN2O4S/c1-22-10-15(19)18-7-5-14(6-8-18)17-23(20,21)11-12-3-2-4-13(16)9-12/h2-4,9,14,17H,5-8,10-11H2,1H3. The van der Waals surface area contributed by atoms with E-state index in [0.29, 0.717) is 31.5 Å². The van der Waals surface area contributed by atoms with E-state index in [1.165, 1.54) is 25.3 Å². The van der Waals surface area contributed by atoms with E-state index in [1.807, 2.05) is 0 Å². The molecule has 6 nitrogen and oxygen atoms in total. The fourth-order valence-electron chi connectivity index (χ4n) is 2.60. The molecule has 1 amide bonds. The fraction of sp³-hybridized carbons (Fsp3) is 0.533. The van der Waals surface area contributed by atoms with Crippen LogP contribution in [-0.4, -0.2) is 52.1 Å². The van der Waals surface area contributed by atoms with E-state index in [0.717, 1.165) is 0 Å². The number of nitrogens with zero attached hydrogens (tertiary/aromatic N) is 1. The molecule has 1 aliphatic heterocycles. The molecule has 1 fully saturated rings. The SMILES string of the molecule is COCC(=O)N1CCC(NS(=O)(=O)Cc2cccc(F)c2)CC1. The summed E-state index contributed by atoms with van der Waals surface area (Å²) >= 11 is 0. The van der Waals surface area contributed by atoms with Gasteiger partial charge >= 0.3 is 0 Å². The molecule has 1 heterocycles. The molecule has 23 heavy (non-hydrogen) atoms. The van der Waals surface area contributed by atoms with Crippen LogP contribution in [0.25, 0.3) is 0 Å². The van der Waals surface area contributed by atoms with Gasteiger partial charge in [0, 0.05) is 26.2 Å². The quantitative estimate of drug-likeness (QED) is 0.831. The van der Waals surface area contributed by atoms with Crippen molar-refractivity contribution in [2.45, 2.75) is 24.6 Å². The summed E-state index contributed by atoms with van der Waals surface area (Å²) in [7, 11) is -2.08. The van der Waals surface area contributed by atoms with Gasteiger partial charge in [-0.25, -0.2) is 17.5 Å². The number of sulfonamides is 1. The van der Waals surface area contributed by atoms with E-state index in [9.17, 15) is 17.6 Å². The number of nitrogens with one attached hydrogen (secondary N) is 1. The summed E-state index contributed by atoms with van der Waals surface area (Å²) in [6, 6.07) is 5.34. The molecule has 1 aromatic carbocycles. The normalized spacial score (nSPS) is 16.5. The van der Waals surface area contributed by atoms with Crippen LogP contribution in [0.4, 0.5) is 4.39 Å². The van der Waals surface area contributed by atoms with Crippen molar-refractivity contribution in [3.63, 3.8) is 0 Å². The van der Waals surface area contributed by atoms with E-state index in [4.69, 9.17) is 4.74 Å². The van der Waals surface area contributed by atoms with Crippen molar-refractivity contribution in [2.24, 2.45) is 0 Å². The number of halogens is 1. The first kappa shape index (κ1) is 17.8. The maximum absolute atomic E-state index is 13.1. The Morgan fingerprint density at radius 1 is 1.39 bits per heavy atom. The van der Waals surface area contributed by atoms with Crippen LogP contribution in [0.3, 0.4) is 0 Å². The maximum atomic E-state index is 13.1. The third-order valence-corrected chi connectivity index (χ3v) is 5.11. The molecular weight excluding hydrogens is 323 g/mol. The molecule has 0 aliphatic carbocycles. The average Bonchev–Trinajstić information content (AvgIpc) is 2.47. The number of carbonyl (C=O) groups excluding carboxylic acids is 1.